The molecule has 1 aromatic heterocycles. The molecule has 0 radical (unpaired) electrons. The van der Waals surface area contributed by atoms with Gasteiger partial charge >= 0.3 is 0 Å². The van der Waals surface area contributed by atoms with Gasteiger partial charge in [-0.2, -0.15) is 10.5 Å². The standard InChI is InChI=1S/C18H13N5S/c1-12-6-8-13(9-7-12)17-21-22-18(23(17)2)24-16-14(10-19)4-3-5-15(16)11-20/h3-9H,1-2H3. The monoisotopic (exact) mass is 331 g/mol. The van der Waals surface area contributed by atoms with Crippen LogP contribution in [0.2, 0.25) is 0 Å². The van der Waals surface area contributed by atoms with Crippen LogP contribution in [0.15, 0.2) is 52.5 Å². The van der Waals surface area contributed by atoms with Gasteiger partial charge in [-0.3, -0.25) is 0 Å². The minimum Gasteiger partial charge on any atom is -0.305 e. The van der Waals surface area contributed by atoms with E-state index in [1.807, 2.05) is 42.8 Å². The van der Waals surface area contributed by atoms with E-state index in [0.29, 0.717) is 21.2 Å². The van der Waals surface area contributed by atoms with Gasteiger partial charge in [0, 0.05) is 12.6 Å². The fourth-order valence-electron chi connectivity index (χ4n) is 2.27. The zero-order valence-electron chi connectivity index (χ0n) is 13.2. The van der Waals surface area contributed by atoms with Crippen molar-refractivity contribution < 1.29 is 0 Å². The summed E-state index contributed by atoms with van der Waals surface area (Å²) in [7, 11) is 1.87. The number of nitriles is 2. The lowest BCUT2D eigenvalue weighted by Gasteiger charge is -2.06. The number of aryl methyl sites for hydroxylation is 1. The molecule has 24 heavy (non-hydrogen) atoms. The Morgan fingerprint density at radius 3 is 2.17 bits per heavy atom. The summed E-state index contributed by atoms with van der Waals surface area (Å²) in [5, 5.41) is 27.7. The Kier molecular flexibility index (Phi) is 4.33. The molecule has 0 bridgehead atoms. The van der Waals surface area contributed by atoms with Crippen LogP contribution >= 0.6 is 11.8 Å². The molecule has 0 N–H and O–H groups in total. The van der Waals surface area contributed by atoms with Crippen molar-refractivity contribution in [1.29, 1.82) is 10.5 Å². The Morgan fingerprint density at radius 2 is 1.58 bits per heavy atom. The Labute approximate surface area is 144 Å². The molecule has 1 heterocycles. The molecule has 0 atom stereocenters. The SMILES string of the molecule is Cc1ccc(-c2nnc(Sc3c(C#N)cccc3C#N)n2C)cc1. The zero-order valence-corrected chi connectivity index (χ0v) is 14.0. The van der Waals surface area contributed by atoms with Crippen molar-refractivity contribution in [2.75, 3.05) is 0 Å². The van der Waals surface area contributed by atoms with Gasteiger partial charge in [-0.25, -0.2) is 0 Å². The fourth-order valence-corrected chi connectivity index (χ4v) is 3.21. The molecule has 0 aliphatic rings. The van der Waals surface area contributed by atoms with Crippen LogP contribution in [0.4, 0.5) is 0 Å². The van der Waals surface area contributed by atoms with E-state index in [-0.39, 0.29) is 0 Å². The highest BCUT2D eigenvalue weighted by molar-refractivity contribution is 7.99. The molecule has 0 aliphatic heterocycles. The van der Waals surface area contributed by atoms with Crippen LogP contribution in [0.25, 0.3) is 11.4 Å². The third kappa shape index (κ3) is 2.88. The van der Waals surface area contributed by atoms with E-state index >= 15 is 0 Å². The van der Waals surface area contributed by atoms with Crippen LogP contribution in [-0.2, 0) is 7.05 Å². The summed E-state index contributed by atoms with van der Waals surface area (Å²) in [6.07, 6.45) is 0. The van der Waals surface area contributed by atoms with Crippen molar-refractivity contribution in [3.8, 4) is 23.5 Å². The van der Waals surface area contributed by atoms with Crippen LogP contribution in [0, 0.1) is 29.6 Å². The molecule has 3 rings (SSSR count). The van der Waals surface area contributed by atoms with Gasteiger partial charge in [0.1, 0.15) is 12.1 Å². The number of nitrogens with zero attached hydrogens (tertiary/aromatic N) is 5. The van der Waals surface area contributed by atoms with Gasteiger partial charge in [0.15, 0.2) is 11.0 Å². The Balaban J connectivity index is 2.01. The van der Waals surface area contributed by atoms with Gasteiger partial charge < -0.3 is 4.57 Å². The summed E-state index contributed by atoms with van der Waals surface area (Å²) in [5.41, 5.74) is 3.06. The van der Waals surface area contributed by atoms with E-state index in [1.165, 1.54) is 17.3 Å². The molecule has 2 aromatic carbocycles. The number of rotatable bonds is 3. The average molecular weight is 331 g/mol. The normalized spacial score (nSPS) is 10.2. The van der Waals surface area contributed by atoms with E-state index in [4.69, 9.17) is 0 Å². The number of aromatic nitrogens is 3. The summed E-state index contributed by atoms with van der Waals surface area (Å²) in [6.45, 7) is 2.03. The molecular weight excluding hydrogens is 318 g/mol. The third-order valence-electron chi connectivity index (χ3n) is 3.59. The Morgan fingerprint density at radius 1 is 0.958 bits per heavy atom. The number of hydrogen-bond acceptors (Lipinski definition) is 5. The molecule has 0 aliphatic carbocycles. The van der Waals surface area contributed by atoms with Crippen LogP contribution in [0.1, 0.15) is 16.7 Å². The van der Waals surface area contributed by atoms with Gasteiger partial charge in [-0.05, 0) is 30.8 Å². The summed E-state index contributed by atoms with van der Waals surface area (Å²) in [6, 6.07) is 17.4. The largest absolute Gasteiger partial charge is 0.305 e. The highest BCUT2D eigenvalue weighted by atomic mass is 32.2. The predicted octanol–water partition coefficient (Wildman–Crippen LogP) is 3.69. The van der Waals surface area contributed by atoms with Gasteiger partial charge in [0.05, 0.1) is 16.0 Å². The summed E-state index contributed by atoms with van der Waals surface area (Å²) >= 11 is 1.28. The van der Waals surface area contributed by atoms with E-state index < -0.39 is 0 Å². The lowest BCUT2D eigenvalue weighted by atomic mass is 10.1. The first-order chi connectivity index (χ1) is 11.6. The lowest BCUT2D eigenvalue weighted by molar-refractivity contribution is 0.794. The van der Waals surface area contributed by atoms with Crippen molar-refractivity contribution in [1.82, 2.24) is 14.8 Å². The fraction of sp³-hybridized carbons (Fsp3) is 0.111. The van der Waals surface area contributed by atoms with Gasteiger partial charge in [-0.15, -0.1) is 10.2 Å². The quantitative estimate of drug-likeness (QED) is 0.731. The first-order valence-electron chi connectivity index (χ1n) is 7.21. The minimum absolute atomic E-state index is 0.457. The van der Waals surface area contributed by atoms with Gasteiger partial charge in [0.25, 0.3) is 0 Å². The lowest BCUT2D eigenvalue weighted by Crippen LogP contribution is -1.96. The van der Waals surface area contributed by atoms with E-state index in [0.717, 1.165) is 11.4 Å². The molecule has 3 aromatic rings. The van der Waals surface area contributed by atoms with Crippen LogP contribution in [0.5, 0.6) is 0 Å². The number of benzene rings is 2. The molecular formula is C18H13N5S. The second-order valence-electron chi connectivity index (χ2n) is 5.24. The molecule has 0 amide bonds. The summed E-state index contributed by atoms with van der Waals surface area (Å²) < 4.78 is 1.87. The highest BCUT2D eigenvalue weighted by Gasteiger charge is 2.16. The molecule has 0 spiro atoms. The molecule has 0 saturated heterocycles. The van der Waals surface area contributed by atoms with Crippen molar-refractivity contribution in [3.63, 3.8) is 0 Å². The summed E-state index contributed by atoms with van der Waals surface area (Å²) in [5.74, 6) is 0.741. The maximum atomic E-state index is 9.28. The summed E-state index contributed by atoms with van der Waals surface area (Å²) in [4.78, 5) is 0.605. The first kappa shape index (κ1) is 15.8. The molecule has 5 nitrogen and oxygen atoms in total. The second kappa shape index (κ2) is 6.57. The van der Waals surface area contributed by atoms with E-state index in [2.05, 4.69) is 22.3 Å². The predicted molar refractivity (Wildman–Crippen MR) is 91.2 cm³/mol. The van der Waals surface area contributed by atoms with Gasteiger partial charge in [-0.1, -0.05) is 35.9 Å². The molecule has 116 valence electrons. The second-order valence-corrected chi connectivity index (χ2v) is 6.22. The molecule has 6 heteroatoms. The van der Waals surface area contributed by atoms with Gasteiger partial charge in [0.2, 0.25) is 0 Å². The number of hydrogen-bond donors (Lipinski definition) is 0. The topological polar surface area (TPSA) is 78.3 Å². The highest BCUT2D eigenvalue weighted by Crippen LogP contribution is 2.33. The van der Waals surface area contributed by atoms with Crippen molar-refractivity contribution in [2.24, 2.45) is 7.05 Å². The molecule has 0 saturated carbocycles. The van der Waals surface area contributed by atoms with E-state index in [9.17, 15) is 10.5 Å². The van der Waals surface area contributed by atoms with Crippen molar-refractivity contribution in [2.45, 2.75) is 17.0 Å². The zero-order chi connectivity index (χ0) is 17.1. The van der Waals surface area contributed by atoms with Crippen molar-refractivity contribution >= 4 is 11.8 Å². The first-order valence-corrected chi connectivity index (χ1v) is 8.03. The van der Waals surface area contributed by atoms with Crippen LogP contribution < -0.4 is 0 Å². The third-order valence-corrected chi connectivity index (χ3v) is 4.78. The molecule has 0 fully saturated rings. The van der Waals surface area contributed by atoms with Crippen molar-refractivity contribution in [3.05, 3.63) is 59.2 Å². The average Bonchev–Trinajstić information content (AvgIpc) is 2.96. The molecule has 0 unspecified atom stereocenters. The van der Waals surface area contributed by atoms with Crippen LogP contribution in [-0.4, -0.2) is 14.8 Å². The van der Waals surface area contributed by atoms with Crippen LogP contribution in [0.3, 0.4) is 0 Å². The maximum Gasteiger partial charge on any atom is 0.196 e. The van der Waals surface area contributed by atoms with E-state index in [1.54, 1.807) is 18.2 Å². The Hall–Kier alpha value is -3.09. The smallest absolute Gasteiger partial charge is 0.196 e. The maximum absolute atomic E-state index is 9.28. The Bertz CT molecular complexity index is 942. The minimum atomic E-state index is 0.457.